The van der Waals surface area contributed by atoms with Crippen molar-refractivity contribution in [2.45, 2.75) is 52.6 Å². The van der Waals surface area contributed by atoms with Crippen LogP contribution in [0.3, 0.4) is 0 Å². The third-order valence-electron chi connectivity index (χ3n) is 5.11. The Kier molecular flexibility index (Phi) is 10.3. The highest BCUT2D eigenvalue weighted by atomic mass is 35.5. The predicted octanol–water partition coefficient (Wildman–Crippen LogP) is 3.45. The van der Waals surface area contributed by atoms with Gasteiger partial charge >= 0.3 is 0 Å². The number of hydrogen-bond donors (Lipinski definition) is 0. The highest BCUT2D eigenvalue weighted by Gasteiger charge is 2.28. The first-order valence-corrected chi connectivity index (χ1v) is 9.82. The minimum Gasteiger partial charge on any atom is -1.00 e. The molecule has 0 N–H and O–H groups in total. The zero-order valence-corrected chi connectivity index (χ0v) is 17.2. The quantitative estimate of drug-likeness (QED) is 0.531. The summed E-state index contributed by atoms with van der Waals surface area (Å²) < 4.78 is 1.15. The molecule has 0 fully saturated rings. The van der Waals surface area contributed by atoms with E-state index in [4.69, 9.17) is 0 Å². The molecule has 0 aliphatic rings. The Morgan fingerprint density at radius 3 is 1.96 bits per heavy atom. The number of halogens is 1. The normalized spacial score (nSPS) is 11.0. The molecule has 0 aliphatic heterocycles. The summed E-state index contributed by atoms with van der Waals surface area (Å²) in [6.07, 6.45) is 7.08. The van der Waals surface area contributed by atoms with Crippen molar-refractivity contribution in [2.24, 2.45) is 0 Å². The minimum atomic E-state index is 0. The van der Waals surface area contributed by atoms with Gasteiger partial charge in [-0.1, -0.05) is 93.9 Å². The van der Waals surface area contributed by atoms with Crippen molar-refractivity contribution in [2.75, 3.05) is 13.1 Å². The highest BCUT2D eigenvalue weighted by molar-refractivity contribution is 5.51. The second-order valence-corrected chi connectivity index (χ2v) is 7.20. The molecule has 2 rings (SSSR count). The van der Waals surface area contributed by atoms with Crippen molar-refractivity contribution < 1.29 is 16.9 Å². The van der Waals surface area contributed by atoms with Crippen LogP contribution in [0.4, 0.5) is 0 Å². The number of unbranched alkanes of at least 4 members (excludes halogenated alkanes) is 2. The predicted molar refractivity (Wildman–Crippen MR) is 110 cm³/mol. The fourth-order valence-electron chi connectivity index (χ4n) is 3.68. The van der Waals surface area contributed by atoms with Gasteiger partial charge in [0.05, 0.1) is 13.1 Å². The lowest BCUT2D eigenvalue weighted by Crippen LogP contribution is -3.00. The van der Waals surface area contributed by atoms with Crippen LogP contribution in [0.25, 0.3) is 6.08 Å². The summed E-state index contributed by atoms with van der Waals surface area (Å²) in [5, 5.41) is 0. The standard InChI is InChI=1S/C24H34N.ClH/c1-4-7-18-25(19-8-5-2,20-22-14-10-9-11-15-22)21-24-17-13-12-16-23(24)6-3;/h6,9-17H,3-5,7-8,18-21H2,1-2H3;1H/q+1;/p-1. The van der Waals surface area contributed by atoms with Gasteiger partial charge in [-0.3, -0.25) is 0 Å². The molecule has 0 saturated heterocycles. The summed E-state index contributed by atoms with van der Waals surface area (Å²) in [6, 6.07) is 19.8. The molecule has 0 amide bonds. The molecule has 0 aromatic heterocycles. The highest BCUT2D eigenvalue weighted by Crippen LogP contribution is 2.24. The number of nitrogens with zero attached hydrogens (tertiary/aromatic N) is 1. The first-order valence-electron chi connectivity index (χ1n) is 9.82. The molecule has 2 aromatic rings. The van der Waals surface area contributed by atoms with E-state index in [2.05, 4.69) is 75.0 Å². The monoisotopic (exact) mass is 371 g/mol. The maximum absolute atomic E-state index is 4.02. The van der Waals surface area contributed by atoms with E-state index in [1.165, 1.54) is 55.5 Å². The van der Waals surface area contributed by atoms with Crippen LogP contribution in [-0.4, -0.2) is 17.6 Å². The molecule has 0 bridgehead atoms. The Balaban J connectivity index is 0.00000338. The van der Waals surface area contributed by atoms with Crippen LogP contribution in [0.1, 0.15) is 56.2 Å². The number of quaternary nitrogens is 1. The molecule has 26 heavy (non-hydrogen) atoms. The summed E-state index contributed by atoms with van der Waals surface area (Å²) in [6.45, 7) is 13.3. The summed E-state index contributed by atoms with van der Waals surface area (Å²) in [5.41, 5.74) is 4.16. The van der Waals surface area contributed by atoms with Crippen molar-refractivity contribution in [3.63, 3.8) is 0 Å². The molecule has 2 aromatic carbocycles. The molecule has 0 aliphatic carbocycles. The molecule has 0 spiro atoms. The van der Waals surface area contributed by atoms with E-state index < -0.39 is 0 Å². The SMILES string of the molecule is C=Cc1ccccc1C[N+](CCCC)(CCCC)Cc1ccccc1.[Cl-]. The van der Waals surface area contributed by atoms with E-state index >= 15 is 0 Å². The van der Waals surface area contributed by atoms with E-state index in [9.17, 15) is 0 Å². The van der Waals surface area contributed by atoms with Gasteiger partial charge in [0.25, 0.3) is 0 Å². The Morgan fingerprint density at radius 1 is 0.808 bits per heavy atom. The van der Waals surface area contributed by atoms with E-state index in [0.717, 1.165) is 17.6 Å². The molecule has 0 atom stereocenters. The second-order valence-electron chi connectivity index (χ2n) is 7.20. The molecular formula is C24H34ClN. The average Bonchev–Trinajstić information content (AvgIpc) is 2.66. The Labute approximate surface area is 166 Å². The zero-order chi connectivity index (χ0) is 18.0. The molecular weight excluding hydrogens is 338 g/mol. The second kappa shape index (κ2) is 11.9. The first kappa shape index (κ1) is 22.5. The Bertz CT molecular complexity index is 628. The topological polar surface area (TPSA) is 0 Å². The molecule has 1 nitrogen and oxygen atoms in total. The van der Waals surface area contributed by atoms with Gasteiger partial charge in [-0.2, -0.15) is 0 Å². The molecule has 0 saturated carbocycles. The van der Waals surface area contributed by atoms with Crippen molar-refractivity contribution in [1.29, 1.82) is 0 Å². The first-order chi connectivity index (χ1) is 12.2. The van der Waals surface area contributed by atoms with Gasteiger partial charge in [-0.15, -0.1) is 0 Å². The van der Waals surface area contributed by atoms with Crippen LogP contribution >= 0.6 is 0 Å². The minimum absolute atomic E-state index is 0. The molecule has 0 heterocycles. The van der Waals surface area contributed by atoms with Crippen LogP contribution in [0.5, 0.6) is 0 Å². The lowest BCUT2D eigenvalue weighted by atomic mass is 10.0. The van der Waals surface area contributed by atoms with Crippen molar-refractivity contribution in [3.05, 3.63) is 77.9 Å². The molecule has 0 radical (unpaired) electrons. The van der Waals surface area contributed by atoms with Gasteiger partial charge in [-0.25, -0.2) is 0 Å². The van der Waals surface area contributed by atoms with Crippen molar-refractivity contribution in [1.82, 2.24) is 0 Å². The maximum Gasteiger partial charge on any atom is 0.105 e. The van der Waals surface area contributed by atoms with Gasteiger partial charge in [0.1, 0.15) is 13.1 Å². The Hall–Kier alpha value is -1.57. The van der Waals surface area contributed by atoms with E-state index in [0.29, 0.717) is 0 Å². The van der Waals surface area contributed by atoms with Gasteiger partial charge in [0.15, 0.2) is 0 Å². The molecule has 142 valence electrons. The lowest BCUT2D eigenvalue weighted by Gasteiger charge is -2.39. The van der Waals surface area contributed by atoms with E-state index in [-0.39, 0.29) is 12.4 Å². The fraction of sp³-hybridized carbons (Fsp3) is 0.417. The van der Waals surface area contributed by atoms with E-state index in [1.54, 1.807) is 0 Å². The van der Waals surface area contributed by atoms with Crippen LogP contribution < -0.4 is 12.4 Å². The van der Waals surface area contributed by atoms with Gasteiger partial charge in [-0.05, 0) is 18.4 Å². The maximum atomic E-state index is 4.02. The van der Waals surface area contributed by atoms with Crippen molar-refractivity contribution in [3.8, 4) is 0 Å². The van der Waals surface area contributed by atoms with Crippen LogP contribution in [0.2, 0.25) is 0 Å². The van der Waals surface area contributed by atoms with Crippen LogP contribution in [-0.2, 0) is 13.1 Å². The molecule has 0 unspecified atom stereocenters. The van der Waals surface area contributed by atoms with Crippen molar-refractivity contribution >= 4 is 6.08 Å². The van der Waals surface area contributed by atoms with Crippen LogP contribution in [0.15, 0.2) is 61.2 Å². The van der Waals surface area contributed by atoms with E-state index in [1.807, 2.05) is 6.08 Å². The summed E-state index contributed by atoms with van der Waals surface area (Å²) >= 11 is 0. The smallest absolute Gasteiger partial charge is 0.105 e. The zero-order valence-electron chi connectivity index (χ0n) is 16.5. The third kappa shape index (κ3) is 6.63. The summed E-state index contributed by atoms with van der Waals surface area (Å²) in [4.78, 5) is 0. The lowest BCUT2D eigenvalue weighted by molar-refractivity contribution is -0.954. The summed E-state index contributed by atoms with van der Waals surface area (Å²) in [7, 11) is 0. The number of rotatable bonds is 11. The number of benzene rings is 2. The molecule has 2 heteroatoms. The van der Waals surface area contributed by atoms with Gasteiger partial charge < -0.3 is 16.9 Å². The van der Waals surface area contributed by atoms with Gasteiger partial charge in [0, 0.05) is 11.1 Å². The Morgan fingerprint density at radius 2 is 1.38 bits per heavy atom. The average molecular weight is 372 g/mol. The van der Waals surface area contributed by atoms with Gasteiger partial charge in [0.2, 0.25) is 0 Å². The number of hydrogen-bond acceptors (Lipinski definition) is 0. The fourth-order valence-corrected chi connectivity index (χ4v) is 3.68. The largest absolute Gasteiger partial charge is 1.00 e. The summed E-state index contributed by atoms with van der Waals surface area (Å²) in [5.74, 6) is 0. The van der Waals surface area contributed by atoms with Crippen LogP contribution in [0, 0.1) is 0 Å². The third-order valence-corrected chi connectivity index (χ3v) is 5.11.